The van der Waals surface area contributed by atoms with Crippen molar-refractivity contribution >= 4 is 44.7 Å². The molecule has 5 rings (SSSR count). The quantitative estimate of drug-likeness (QED) is 0.292. The third-order valence-electron chi connectivity index (χ3n) is 5.88. The van der Waals surface area contributed by atoms with Gasteiger partial charge in [-0.1, -0.05) is 18.2 Å². The minimum atomic E-state index is -3.41. The fraction of sp³-hybridized carbons (Fsp3) is 0.115. The number of carboxylic acid groups (broad SMARTS) is 1. The van der Waals surface area contributed by atoms with E-state index in [9.17, 15) is 18.3 Å². The molecule has 2 unspecified atom stereocenters. The number of aromatic carboxylic acids is 1. The van der Waals surface area contributed by atoms with E-state index in [1.165, 1.54) is 12.1 Å². The van der Waals surface area contributed by atoms with Crippen LogP contribution in [0.5, 0.6) is 0 Å². The van der Waals surface area contributed by atoms with Crippen molar-refractivity contribution in [2.75, 3.05) is 15.9 Å². The molecule has 3 N–H and O–H groups in total. The summed E-state index contributed by atoms with van der Waals surface area (Å²) in [6.07, 6.45) is 2.81. The predicted octanol–water partition coefficient (Wildman–Crippen LogP) is 4.59. The van der Waals surface area contributed by atoms with Gasteiger partial charge in [-0.2, -0.15) is 0 Å². The molecule has 4 aromatic rings. The molecule has 2 aromatic carbocycles. The van der Waals surface area contributed by atoms with Gasteiger partial charge in [0, 0.05) is 23.1 Å². The number of nitrogens with zero attached hydrogens (tertiary/aromatic N) is 2. The Kier molecular flexibility index (Phi) is 6.40. The van der Waals surface area contributed by atoms with E-state index in [-0.39, 0.29) is 11.6 Å². The highest BCUT2D eigenvalue weighted by Crippen LogP contribution is 2.43. The van der Waals surface area contributed by atoms with E-state index < -0.39 is 22.0 Å². The van der Waals surface area contributed by atoms with Crippen LogP contribution in [0.4, 0.5) is 11.4 Å². The van der Waals surface area contributed by atoms with E-state index in [1.807, 2.05) is 35.2 Å². The number of hydrogen-bond donors (Lipinski definition) is 3. The number of sulfonamides is 1. The van der Waals surface area contributed by atoms with E-state index in [4.69, 9.17) is 16.6 Å². The van der Waals surface area contributed by atoms with Crippen LogP contribution in [0.3, 0.4) is 0 Å². The van der Waals surface area contributed by atoms with Crippen LogP contribution in [0, 0.1) is 0 Å². The lowest BCUT2D eigenvalue weighted by atomic mass is 10.0. The van der Waals surface area contributed by atoms with Crippen molar-refractivity contribution in [2.24, 2.45) is 0 Å². The summed E-state index contributed by atoms with van der Waals surface area (Å²) in [5.41, 5.74) is 2.88. The zero-order valence-corrected chi connectivity index (χ0v) is 21.2. The van der Waals surface area contributed by atoms with Gasteiger partial charge in [0.2, 0.25) is 10.0 Å². The molecule has 0 spiro atoms. The monoisotopic (exact) mass is 534 g/mol. The molecule has 0 bridgehead atoms. The zero-order valence-electron chi connectivity index (χ0n) is 19.5. The van der Waals surface area contributed by atoms with Crippen LogP contribution in [-0.4, -0.2) is 35.8 Å². The van der Waals surface area contributed by atoms with Crippen molar-refractivity contribution < 1.29 is 22.7 Å². The topological polar surface area (TPSA) is 125 Å². The van der Waals surface area contributed by atoms with Crippen molar-refractivity contribution in [2.45, 2.75) is 12.1 Å². The number of furan rings is 1. The minimum absolute atomic E-state index is 0.191. The second-order valence-corrected chi connectivity index (χ2v) is 10.6. The minimum Gasteiger partial charge on any atom is -0.478 e. The molecule has 2 aromatic heterocycles. The number of anilines is 2. The van der Waals surface area contributed by atoms with Gasteiger partial charge in [0.05, 0.1) is 23.6 Å². The van der Waals surface area contributed by atoms with Gasteiger partial charge in [-0.05, 0) is 72.9 Å². The van der Waals surface area contributed by atoms with E-state index >= 15 is 0 Å². The third-order valence-corrected chi connectivity index (χ3v) is 6.80. The molecule has 11 heteroatoms. The normalized spacial score (nSPS) is 17.4. The molecule has 0 radical (unpaired) electrons. The largest absolute Gasteiger partial charge is 0.478 e. The molecule has 37 heavy (non-hydrogen) atoms. The van der Waals surface area contributed by atoms with Crippen LogP contribution >= 0.6 is 12.2 Å². The van der Waals surface area contributed by atoms with Crippen molar-refractivity contribution in [3.05, 3.63) is 102 Å². The fourth-order valence-electron chi connectivity index (χ4n) is 4.27. The number of hydrogen-bond acceptors (Lipinski definition) is 6. The van der Waals surface area contributed by atoms with Crippen molar-refractivity contribution in [3.8, 4) is 11.3 Å². The predicted molar refractivity (Wildman–Crippen MR) is 144 cm³/mol. The van der Waals surface area contributed by atoms with Gasteiger partial charge in [-0.25, -0.2) is 13.2 Å². The Bertz CT molecular complexity index is 1550. The van der Waals surface area contributed by atoms with Crippen molar-refractivity contribution in [1.29, 1.82) is 0 Å². The highest BCUT2D eigenvalue weighted by Gasteiger charge is 2.42. The number of nitrogens with one attached hydrogen (secondary N) is 2. The van der Waals surface area contributed by atoms with Gasteiger partial charge < -0.3 is 19.7 Å². The Morgan fingerprint density at radius 2 is 1.78 bits per heavy atom. The standard InChI is InChI=1S/C26H22N4O5S2/c1-37(33,34)29-18-9-11-19(12-10-18)30-24(23(28-26(30)36)20-4-2-3-15-27-20)22-14-13-21(35-22)16-5-7-17(8-6-16)25(31)32/h2-15,23-24,29H,1H3,(H,28,36)(H,31,32). The molecule has 1 aliphatic heterocycles. The maximum absolute atomic E-state index is 11.6. The van der Waals surface area contributed by atoms with Crippen LogP contribution in [0.15, 0.2) is 89.5 Å². The summed E-state index contributed by atoms with van der Waals surface area (Å²) in [5, 5.41) is 13.0. The lowest BCUT2D eigenvalue weighted by molar-refractivity contribution is 0.0697. The molecule has 2 atom stereocenters. The van der Waals surface area contributed by atoms with Crippen LogP contribution in [-0.2, 0) is 10.0 Å². The zero-order chi connectivity index (χ0) is 26.2. The van der Waals surface area contributed by atoms with Gasteiger partial charge in [0.15, 0.2) is 5.11 Å². The number of carbonyl (C=O) groups is 1. The molecule has 3 heterocycles. The molecule has 0 aliphatic carbocycles. The van der Waals surface area contributed by atoms with E-state index in [0.717, 1.165) is 23.2 Å². The molecule has 0 amide bonds. The average molecular weight is 535 g/mol. The molecule has 1 saturated heterocycles. The van der Waals surface area contributed by atoms with Crippen LogP contribution in [0.2, 0.25) is 0 Å². The first-order valence-electron chi connectivity index (χ1n) is 11.2. The van der Waals surface area contributed by atoms with Gasteiger partial charge in [-0.3, -0.25) is 9.71 Å². The number of thiocarbonyl (C=S) groups is 1. The summed E-state index contributed by atoms with van der Waals surface area (Å²) >= 11 is 5.71. The lowest BCUT2D eigenvalue weighted by Gasteiger charge is -2.26. The molecule has 9 nitrogen and oxygen atoms in total. The first kappa shape index (κ1) is 24.5. The Morgan fingerprint density at radius 1 is 1.05 bits per heavy atom. The van der Waals surface area contributed by atoms with Crippen LogP contribution in [0.1, 0.15) is 33.9 Å². The SMILES string of the molecule is CS(=O)(=O)Nc1ccc(N2C(=S)NC(c3ccccn3)C2c2ccc(-c3ccc(C(=O)O)cc3)o2)cc1. The Morgan fingerprint density at radius 3 is 2.41 bits per heavy atom. The highest BCUT2D eigenvalue weighted by molar-refractivity contribution is 7.92. The Balaban J connectivity index is 1.53. The van der Waals surface area contributed by atoms with Crippen molar-refractivity contribution in [1.82, 2.24) is 10.3 Å². The maximum atomic E-state index is 11.6. The number of benzene rings is 2. The highest BCUT2D eigenvalue weighted by atomic mass is 32.2. The van der Waals surface area contributed by atoms with E-state index in [0.29, 0.717) is 22.3 Å². The van der Waals surface area contributed by atoms with Crippen LogP contribution < -0.4 is 14.9 Å². The van der Waals surface area contributed by atoms with E-state index in [2.05, 4.69) is 15.0 Å². The third kappa shape index (κ3) is 5.18. The molecule has 1 aliphatic rings. The summed E-state index contributed by atoms with van der Waals surface area (Å²) in [4.78, 5) is 17.6. The summed E-state index contributed by atoms with van der Waals surface area (Å²) < 4.78 is 31.9. The van der Waals surface area contributed by atoms with Gasteiger partial charge in [0.1, 0.15) is 17.6 Å². The molecule has 188 valence electrons. The molecular weight excluding hydrogens is 512 g/mol. The smallest absolute Gasteiger partial charge is 0.335 e. The van der Waals surface area contributed by atoms with E-state index in [1.54, 1.807) is 42.6 Å². The number of carboxylic acids is 1. The summed E-state index contributed by atoms with van der Waals surface area (Å²) in [6, 6.07) is 22.0. The molecule has 1 fully saturated rings. The summed E-state index contributed by atoms with van der Waals surface area (Å²) in [5.74, 6) is 0.208. The molecular formula is C26H22N4O5S2. The Hall–Kier alpha value is -4.22. The average Bonchev–Trinajstić information content (AvgIpc) is 3.49. The van der Waals surface area contributed by atoms with Crippen molar-refractivity contribution in [3.63, 3.8) is 0 Å². The first-order valence-corrected chi connectivity index (χ1v) is 13.5. The second kappa shape index (κ2) is 9.68. The lowest BCUT2D eigenvalue weighted by Crippen LogP contribution is -2.29. The summed E-state index contributed by atoms with van der Waals surface area (Å²) in [7, 11) is -3.41. The first-order chi connectivity index (χ1) is 17.7. The number of pyridine rings is 1. The number of aromatic nitrogens is 1. The second-order valence-electron chi connectivity index (χ2n) is 8.50. The summed E-state index contributed by atoms with van der Waals surface area (Å²) in [6.45, 7) is 0. The van der Waals surface area contributed by atoms with Gasteiger partial charge >= 0.3 is 5.97 Å². The fourth-order valence-corrected chi connectivity index (χ4v) is 5.18. The molecule has 0 saturated carbocycles. The maximum Gasteiger partial charge on any atom is 0.335 e. The van der Waals surface area contributed by atoms with Gasteiger partial charge in [-0.15, -0.1) is 0 Å². The Labute approximate surface area is 218 Å². The van der Waals surface area contributed by atoms with Gasteiger partial charge in [0.25, 0.3) is 0 Å². The van der Waals surface area contributed by atoms with Crippen LogP contribution in [0.25, 0.3) is 11.3 Å². The number of rotatable bonds is 7.